The molecule has 2 aliphatic rings. The van der Waals surface area contributed by atoms with Gasteiger partial charge in [-0.05, 0) is 23.8 Å². The van der Waals surface area contributed by atoms with E-state index in [2.05, 4.69) is 15.7 Å². The van der Waals surface area contributed by atoms with Gasteiger partial charge >= 0.3 is 0 Å². The van der Waals surface area contributed by atoms with Crippen LogP contribution in [-0.4, -0.2) is 30.2 Å². The Hall–Kier alpha value is -2.11. The lowest BCUT2D eigenvalue weighted by atomic mass is 9.99. The number of likely N-dealkylation sites (N-methyl/N-ethyl adjacent to an activating group) is 1. The van der Waals surface area contributed by atoms with Crippen molar-refractivity contribution in [1.29, 1.82) is 0 Å². The Morgan fingerprint density at radius 1 is 1.40 bits per heavy atom. The van der Waals surface area contributed by atoms with Gasteiger partial charge in [-0.2, -0.15) is 0 Å². The van der Waals surface area contributed by atoms with Crippen molar-refractivity contribution in [3.05, 3.63) is 52.9 Å². The highest BCUT2D eigenvalue weighted by Crippen LogP contribution is 2.32. The van der Waals surface area contributed by atoms with Crippen LogP contribution in [0.2, 0.25) is 5.02 Å². The fourth-order valence-electron chi connectivity index (χ4n) is 2.27. The van der Waals surface area contributed by atoms with Gasteiger partial charge < -0.3 is 5.32 Å². The first-order chi connectivity index (χ1) is 9.70. The second-order valence-corrected chi connectivity index (χ2v) is 4.85. The molecule has 0 spiro atoms. The van der Waals surface area contributed by atoms with E-state index in [1.54, 1.807) is 30.4 Å². The number of aliphatic imine (C=N–C) groups is 1. The number of fused-ring (bicyclic) bond motifs is 1. The molecule has 20 heavy (non-hydrogen) atoms. The number of amides is 1. The Morgan fingerprint density at radius 3 is 2.85 bits per heavy atom. The topological polar surface area (TPSA) is 56.7 Å². The van der Waals surface area contributed by atoms with Crippen LogP contribution in [0.4, 0.5) is 0 Å². The lowest BCUT2D eigenvalue weighted by Gasteiger charge is -2.17. The molecule has 2 heterocycles. The minimum absolute atomic E-state index is 0.111. The molecule has 6 heteroatoms. The summed E-state index contributed by atoms with van der Waals surface area (Å²) in [6.45, 7) is 0. The summed E-state index contributed by atoms with van der Waals surface area (Å²) in [6.07, 6.45) is 5.35. The van der Waals surface area contributed by atoms with Crippen LogP contribution in [0.15, 0.2) is 47.4 Å². The normalized spacial score (nSPS) is 20.3. The molecule has 1 aromatic rings. The molecule has 3 rings (SSSR count). The van der Waals surface area contributed by atoms with E-state index in [-0.39, 0.29) is 5.91 Å². The Balaban J connectivity index is 2.10. The van der Waals surface area contributed by atoms with Gasteiger partial charge in [0.05, 0.1) is 0 Å². The van der Waals surface area contributed by atoms with Gasteiger partial charge in [0.15, 0.2) is 5.82 Å². The molecule has 1 aromatic carbocycles. The molecule has 0 fully saturated rings. The van der Waals surface area contributed by atoms with Gasteiger partial charge in [0.2, 0.25) is 5.91 Å². The summed E-state index contributed by atoms with van der Waals surface area (Å²) < 4.78 is 0. The van der Waals surface area contributed by atoms with Crippen LogP contribution in [0.5, 0.6) is 0 Å². The van der Waals surface area contributed by atoms with E-state index < -0.39 is 6.04 Å². The number of carbonyl (C=O) groups excluding carboxylic acids is 1. The Bertz CT molecular complexity index is 633. The molecule has 0 saturated heterocycles. The van der Waals surface area contributed by atoms with E-state index in [0.29, 0.717) is 5.02 Å². The highest BCUT2D eigenvalue weighted by Gasteiger charge is 2.36. The summed E-state index contributed by atoms with van der Waals surface area (Å²) in [5.74, 6) is 0.615. The summed E-state index contributed by atoms with van der Waals surface area (Å²) in [7, 11) is 1.62. The zero-order valence-corrected chi connectivity index (χ0v) is 11.6. The van der Waals surface area contributed by atoms with Gasteiger partial charge in [0.1, 0.15) is 6.04 Å². The maximum atomic E-state index is 12.1. The number of allylic oxidation sites excluding steroid dienone is 1. The van der Waals surface area contributed by atoms with Crippen molar-refractivity contribution in [2.75, 3.05) is 7.05 Å². The maximum absolute atomic E-state index is 12.1. The van der Waals surface area contributed by atoms with Gasteiger partial charge in [-0.1, -0.05) is 23.7 Å². The summed E-state index contributed by atoms with van der Waals surface area (Å²) in [4.78, 5) is 16.4. The molecule has 0 radical (unpaired) electrons. The smallest absolute Gasteiger partial charge is 0.243 e. The quantitative estimate of drug-likeness (QED) is 0.868. The van der Waals surface area contributed by atoms with Crippen LogP contribution in [0.25, 0.3) is 5.57 Å². The number of hydrazine groups is 1. The summed E-state index contributed by atoms with van der Waals surface area (Å²) >= 11 is 5.92. The van der Waals surface area contributed by atoms with Gasteiger partial charge in [-0.15, -0.1) is 0 Å². The third-order valence-electron chi connectivity index (χ3n) is 3.21. The summed E-state index contributed by atoms with van der Waals surface area (Å²) in [5, 5.41) is 5.08. The molecule has 2 aliphatic heterocycles. The number of nitrogens with zero attached hydrogens (tertiary/aromatic N) is 2. The zero-order valence-electron chi connectivity index (χ0n) is 10.8. The zero-order chi connectivity index (χ0) is 14.1. The predicted octanol–water partition coefficient (Wildman–Crippen LogP) is 1.54. The molecule has 102 valence electrons. The first kappa shape index (κ1) is 12.9. The van der Waals surface area contributed by atoms with Crippen molar-refractivity contribution >= 4 is 29.3 Å². The van der Waals surface area contributed by atoms with Gasteiger partial charge in [0.25, 0.3) is 0 Å². The van der Waals surface area contributed by atoms with Crippen LogP contribution in [0.1, 0.15) is 5.56 Å². The third-order valence-corrected chi connectivity index (χ3v) is 3.46. The predicted molar refractivity (Wildman–Crippen MR) is 78.8 cm³/mol. The molecule has 5 nitrogen and oxygen atoms in total. The average Bonchev–Trinajstić information content (AvgIpc) is 2.87. The first-order valence-corrected chi connectivity index (χ1v) is 6.56. The van der Waals surface area contributed by atoms with E-state index in [9.17, 15) is 4.79 Å². The van der Waals surface area contributed by atoms with E-state index in [0.717, 1.165) is 17.0 Å². The van der Waals surface area contributed by atoms with Crippen molar-refractivity contribution in [2.24, 2.45) is 4.99 Å². The van der Waals surface area contributed by atoms with Gasteiger partial charge in [-0.25, -0.2) is 10.4 Å². The number of nitrogens with one attached hydrogen (secondary N) is 2. The van der Waals surface area contributed by atoms with Crippen molar-refractivity contribution < 1.29 is 4.79 Å². The molecule has 0 aromatic heterocycles. The fraction of sp³-hybridized carbons (Fsp3) is 0.143. The minimum atomic E-state index is -0.476. The molecule has 0 saturated carbocycles. The average molecular weight is 289 g/mol. The highest BCUT2D eigenvalue weighted by atomic mass is 35.5. The third kappa shape index (κ3) is 2.11. The molecule has 0 bridgehead atoms. The van der Waals surface area contributed by atoms with Crippen LogP contribution in [0, 0.1) is 0 Å². The van der Waals surface area contributed by atoms with Crippen molar-refractivity contribution in [3.8, 4) is 0 Å². The Kier molecular flexibility index (Phi) is 3.30. The number of hydrogen-bond acceptors (Lipinski definition) is 4. The Labute approximate surface area is 121 Å². The van der Waals surface area contributed by atoms with Gasteiger partial charge in [-0.3, -0.25) is 9.80 Å². The van der Waals surface area contributed by atoms with Crippen LogP contribution >= 0.6 is 11.6 Å². The SMILES string of the molecule is CNC(=O)C1NN2C=CC=NC2=C1c1ccc(Cl)cc1. The van der Waals surface area contributed by atoms with Gasteiger partial charge in [0, 0.05) is 30.1 Å². The molecular formula is C14H13ClN4O. The largest absolute Gasteiger partial charge is 0.357 e. The van der Waals surface area contributed by atoms with E-state index in [1.807, 2.05) is 24.4 Å². The number of hydrogen-bond donors (Lipinski definition) is 2. The number of rotatable bonds is 2. The molecular weight excluding hydrogens is 276 g/mol. The minimum Gasteiger partial charge on any atom is -0.357 e. The number of carbonyl (C=O) groups is 1. The number of halogens is 1. The van der Waals surface area contributed by atoms with E-state index in [4.69, 9.17) is 11.6 Å². The lowest BCUT2D eigenvalue weighted by molar-refractivity contribution is -0.121. The molecule has 1 amide bonds. The van der Waals surface area contributed by atoms with Crippen LogP contribution in [0.3, 0.4) is 0 Å². The summed E-state index contributed by atoms with van der Waals surface area (Å²) in [6, 6.07) is 6.91. The summed E-state index contributed by atoms with van der Waals surface area (Å²) in [5.41, 5.74) is 4.87. The van der Waals surface area contributed by atoms with Crippen molar-refractivity contribution in [3.63, 3.8) is 0 Å². The monoisotopic (exact) mass is 288 g/mol. The lowest BCUT2D eigenvalue weighted by Crippen LogP contribution is -2.44. The highest BCUT2D eigenvalue weighted by molar-refractivity contribution is 6.30. The fourth-order valence-corrected chi connectivity index (χ4v) is 2.39. The second-order valence-electron chi connectivity index (χ2n) is 4.41. The molecule has 2 N–H and O–H groups in total. The van der Waals surface area contributed by atoms with Crippen LogP contribution in [-0.2, 0) is 4.79 Å². The van der Waals surface area contributed by atoms with Crippen molar-refractivity contribution in [2.45, 2.75) is 6.04 Å². The number of benzene rings is 1. The van der Waals surface area contributed by atoms with Crippen molar-refractivity contribution in [1.82, 2.24) is 15.8 Å². The molecule has 0 aliphatic carbocycles. The van der Waals surface area contributed by atoms with E-state index in [1.165, 1.54) is 0 Å². The Morgan fingerprint density at radius 2 is 2.15 bits per heavy atom. The molecule has 1 atom stereocenters. The maximum Gasteiger partial charge on any atom is 0.243 e. The second kappa shape index (κ2) is 5.11. The molecule has 1 unspecified atom stereocenters. The first-order valence-electron chi connectivity index (χ1n) is 6.18. The van der Waals surface area contributed by atoms with Crippen LogP contribution < -0.4 is 10.7 Å². The standard InChI is InChI=1S/C14H13ClN4O/c1-16-14(20)12-11(9-3-5-10(15)6-4-9)13-17-7-2-8-19(13)18-12/h2-8,12,18H,1H3,(H,16,20). The van der Waals surface area contributed by atoms with E-state index >= 15 is 0 Å².